The third-order valence-corrected chi connectivity index (χ3v) is 6.19. The lowest BCUT2D eigenvalue weighted by Gasteiger charge is -2.37. The first-order valence-corrected chi connectivity index (χ1v) is 10.7. The first kappa shape index (κ1) is 20.9. The maximum absolute atomic E-state index is 13.4. The van der Waals surface area contributed by atoms with Gasteiger partial charge in [0.05, 0.1) is 26.5 Å². The van der Waals surface area contributed by atoms with Crippen LogP contribution in [0.3, 0.4) is 0 Å². The number of carbonyl (C=O) groups excluding carboxylic acids is 1. The Morgan fingerprint density at radius 3 is 2.58 bits per heavy atom. The molecule has 7 heteroatoms. The predicted molar refractivity (Wildman–Crippen MR) is 124 cm³/mol. The number of nitrogens with zero attached hydrogens (tertiary/aromatic N) is 1. The Labute approximate surface area is 190 Å². The molecule has 33 heavy (non-hydrogen) atoms. The number of carbonyl (C=O) groups is 1. The van der Waals surface area contributed by atoms with E-state index in [0.29, 0.717) is 30.0 Å². The Hall–Kier alpha value is -4.00. The normalized spacial score (nSPS) is 15.4. The number of rotatable bonds is 4. The number of pyridine rings is 1. The Kier molecular flexibility index (Phi) is 5.17. The molecule has 1 amide bonds. The second kappa shape index (κ2) is 8.16. The van der Waals surface area contributed by atoms with Crippen LogP contribution in [0, 0.1) is 6.92 Å². The fourth-order valence-electron chi connectivity index (χ4n) is 4.59. The quantitative estimate of drug-likeness (QED) is 0.509. The number of benzene rings is 2. The van der Waals surface area contributed by atoms with Gasteiger partial charge in [0.2, 0.25) is 0 Å². The third-order valence-electron chi connectivity index (χ3n) is 6.19. The number of nitrogens with one attached hydrogen (secondary N) is 1. The molecule has 0 fully saturated rings. The summed E-state index contributed by atoms with van der Waals surface area (Å²) in [5, 5.41) is 0.905. The zero-order chi connectivity index (χ0) is 23.1. The van der Waals surface area contributed by atoms with Gasteiger partial charge in [-0.1, -0.05) is 11.6 Å². The summed E-state index contributed by atoms with van der Waals surface area (Å²) < 4.78 is 16.4. The van der Waals surface area contributed by atoms with E-state index in [1.165, 1.54) is 6.26 Å². The summed E-state index contributed by atoms with van der Waals surface area (Å²) in [5.74, 6) is 1.12. The van der Waals surface area contributed by atoms with Crippen molar-refractivity contribution in [2.75, 3.05) is 20.8 Å². The topological polar surface area (TPSA) is 84.8 Å². The summed E-state index contributed by atoms with van der Waals surface area (Å²) in [6.45, 7) is 2.43. The lowest BCUT2D eigenvalue weighted by Crippen LogP contribution is -2.42. The molecule has 2 aromatic carbocycles. The third kappa shape index (κ3) is 3.55. The molecule has 3 heterocycles. The molecule has 7 nitrogen and oxygen atoms in total. The number of methoxy groups -OCH3 is 2. The lowest BCUT2D eigenvalue weighted by atomic mass is 9.87. The van der Waals surface area contributed by atoms with Gasteiger partial charge in [-0.25, -0.2) is 0 Å². The molecule has 0 saturated heterocycles. The molecule has 0 radical (unpaired) electrons. The molecule has 1 atom stereocenters. The first-order chi connectivity index (χ1) is 16.0. The van der Waals surface area contributed by atoms with Crippen LogP contribution in [0.25, 0.3) is 10.9 Å². The molecule has 1 aliphatic heterocycles. The van der Waals surface area contributed by atoms with Crippen molar-refractivity contribution < 1.29 is 18.7 Å². The van der Waals surface area contributed by atoms with Crippen molar-refractivity contribution in [3.05, 3.63) is 93.2 Å². The molecule has 0 saturated carbocycles. The number of aryl methyl sites for hydroxylation is 1. The fourth-order valence-corrected chi connectivity index (χ4v) is 4.59. The Morgan fingerprint density at radius 2 is 1.85 bits per heavy atom. The van der Waals surface area contributed by atoms with Gasteiger partial charge in [0.15, 0.2) is 17.3 Å². The smallest absolute Gasteiger partial charge is 0.290 e. The number of hydrogen-bond donors (Lipinski definition) is 1. The number of ether oxygens (including phenoxy) is 2. The molecule has 1 aliphatic rings. The Bertz CT molecular complexity index is 1400. The van der Waals surface area contributed by atoms with Gasteiger partial charge >= 0.3 is 0 Å². The van der Waals surface area contributed by atoms with Gasteiger partial charge < -0.3 is 23.8 Å². The van der Waals surface area contributed by atoms with Gasteiger partial charge in [0.25, 0.3) is 11.5 Å². The molecular weight excluding hydrogens is 420 g/mol. The summed E-state index contributed by atoms with van der Waals surface area (Å²) in [5.41, 5.74) is 3.92. The number of hydrogen-bond acceptors (Lipinski definition) is 5. The van der Waals surface area contributed by atoms with Crippen molar-refractivity contribution in [3.8, 4) is 11.5 Å². The zero-order valence-corrected chi connectivity index (χ0v) is 18.7. The summed E-state index contributed by atoms with van der Waals surface area (Å²) in [6, 6.07) is 14.2. The van der Waals surface area contributed by atoms with E-state index in [9.17, 15) is 9.59 Å². The predicted octanol–water partition coefficient (Wildman–Crippen LogP) is 4.23. The Balaban J connectivity index is 1.75. The monoisotopic (exact) mass is 444 g/mol. The highest BCUT2D eigenvalue weighted by molar-refractivity contribution is 5.92. The number of fused-ring (bicyclic) bond motifs is 2. The molecule has 2 aromatic heterocycles. The maximum Gasteiger partial charge on any atom is 0.290 e. The van der Waals surface area contributed by atoms with Gasteiger partial charge in [-0.05, 0) is 72.3 Å². The number of amides is 1. The van der Waals surface area contributed by atoms with Crippen LogP contribution in [0.4, 0.5) is 0 Å². The van der Waals surface area contributed by atoms with Gasteiger partial charge in [0, 0.05) is 17.6 Å². The van der Waals surface area contributed by atoms with Crippen LogP contribution < -0.4 is 15.0 Å². The van der Waals surface area contributed by atoms with E-state index in [1.807, 2.05) is 43.3 Å². The summed E-state index contributed by atoms with van der Waals surface area (Å²) in [6.07, 6.45) is 2.09. The number of H-pyrrole nitrogens is 1. The number of aromatic nitrogens is 1. The lowest BCUT2D eigenvalue weighted by molar-refractivity contribution is 0.0660. The van der Waals surface area contributed by atoms with Crippen molar-refractivity contribution in [1.82, 2.24) is 9.88 Å². The van der Waals surface area contributed by atoms with Gasteiger partial charge in [-0.3, -0.25) is 9.59 Å². The van der Waals surface area contributed by atoms with Crippen LogP contribution in [-0.4, -0.2) is 36.6 Å². The van der Waals surface area contributed by atoms with Crippen molar-refractivity contribution in [1.29, 1.82) is 0 Å². The van der Waals surface area contributed by atoms with Crippen molar-refractivity contribution in [2.24, 2.45) is 0 Å². The highest BCUT2D eigenvalue weighted by Gasteiger charge is 2.36. The van der Waals surface area contributed by atoms with E-state index in [1.54, 1.807) is 31.3 Å². The van der Waals surface area contributed by atoms with Crippen molar-refractivity contribution >= 4 is 16.8 Å². The SMILES string of the molecule is COc1cc2c(cc1OC)[C@@H](c1cc3cc(C)ccc3[nH]c1=O)N(C(=O)c1ccco1)CC2. The molecule has 4 aromatic rings. The average Bonchev–Trinajstić information content (AvgIpc) is 3.37. The molecule has 0 spiro atoms. The summed E-state index contributed by atoms with van der Waals surface area (Å²) in [7, 11) is 3.16. The minimum atomic E-state index is -0.611. The first-order valence-electron chi connectivity index (χ1n) is 10.7. The van der Waals surface area contributed by atoms with Crippen LogP contribution in [0.1, 0.15) is 38.9 Å². The van der Waals surface area contributed by atoms with Gasteiger partial charge in [0.1, 0.15) is 0 Å². The Morgan fingerprint density at radius 1 is 1.06 bits per heavy atom. The van der Waals surface area contributed by atoms with E-state index in [-0.39, 0.29) is 17.2 Å². The highest BCUT2D eigenvalue weighted by Crippen LogP contribution is 2.41. The second-order valence-electron chi connectivity index (χ2n) is 8.18. The minimum Gasteiger partial charge on any atom is -0.493 e. The summed E-state index contributed by atoms with van der Waals surface area (Å²) in [4.78, 5) is 31.4. The molecular formula is C26H24N2O5. The number of furan rings is 1. The van der Waals surface area contributed by atoms with E-state index in [4.69, 9.17) is 13.9 Å². The highest BCUT2D eigenvalue weighted by atomic mass is 16.5. The van der Waals surface area contributed by atoms with Gasteiger partial charge in [-0.2, -0.15) is 0 Å². The fraction of sp³-hybridized carbons (Fsp3) is 0.231. The summed E-state index contributed by atoms with van der Waals surface area (Å²) >= 11 is 0. The van der Waals surface area contributed by atoms with E-state index in [2.05, 4.69) is 4.98 Å². The van der Waals surface area contributed by atoms with E-state index in [0.717, 1.165) is 27.6 Å². The van der Waals surface area contributed by atoms with E-state index < -0.39 is 6.04 Å². The van der Waals surface area contributed by atoms with Crippen LogP contribution in [0.5, 0.6) is 11.5 Å². The molecule has 0 aliphatic carbocycles. The van der Waals surface area contributed by atoms with Crippen LogP contribution in [0.2, 0.25) is 0 Å². The van der Waals surface area contributed by atoms with Crippen LogP contribution in [0.15, 0.2) is 64.0 Å². The van der Waals surface area contributed by atoms with Gasteiger partial charge in [-0.15, -0.1) is 0 Å². The zero-order valence-electron chi connectivity index (χ0n) is 18.7. The van der Waals surface area contributed by atoms with Crippen molar-refractivity contribution in [2.45, 2.75) is 19.4 Å². The van der Waals surface area contributed by atoms with Crippen molar-refractivity contribution in [3.63, 3.8) is 0 Å². The minimum absolute atomic E-state index is 0.233. The average molecular weight is 444 g/mol. The molecule has 0 unspecified atom stereocenters. The number of aromatic amines is 1. The van der Waals surface area contributed by atoms with Crippen LogP contribution in [-0.2, 0) is 6.42 Å². The largest absolute Gasteiger partial charge is 0.493 e. The molecule has 0 bridgehead atoms. The maximum atomic E-state index is 13.4. The molecule has 5 rings (SSSR count). The molecule has 168 valence electrons. The van der Waals surface area contributed by atoms with Crippen LogP contribution >= 0.6 is 0 Å². The molecule has 1 N–H and O–H groups in total. The second-order valence-corrected chi connectivity index (χ2v) is 8.18. The standard InChI is InChI=1S/C26H24N2O5/c1-15-6-7-20-17(11-15)12-19(25(29)27-20)24-18-14-23(32-3)22(31-2)13-16(18)8-9-28(24)26(30)21-5-4-10-33-21/h4-7,10-14,24H,8-9H2,1-3H3,(H,27,29)/t24-/m0/s1. The van der Waals surface area contributed by atoms with E-state index >= 15 is 0 Å².